The molecular weight excluding hydrogens is 240 g/mol. The van der Waals surface area contributed by atoms with Gasteiger partial charge in [0, 0.05) is 13.7 Å². The average molecular weight is 257 g/mol. The number of aryl methyl sites for hydroxylation is 1. The van der Waals surface area contributed by atoms with Crippen molar-refractivity contribution in [3.8, 4) is 0 Å². The second kappa shape index (κ2) is 6.59. The highest BCUT2D eigenvalue weighted by Gasteiger charge is 2.14. The van der Waals surface area contributed by atoms with Crippen molar-refractivity contribution >= 4 is 23.2 Å². The molecule has 0 heterocycles. The Morgan fingerprint density at radius 2 is 2.29 bits per heavy atom. The van der Waals surface area contributed by atoms with Crippen LogP contribution in [0.2, 0.25) is 5.02 Å². The first-order valence-corrected chi connectivity index (χ1v) is 5.74. The number of carbonyl (C=O) groups is 1. The van der Waals surface area contributed by atoms with Gasteiger partial charge in [0.05, 0.1) is 16.8 Å². The second-order valence-electron chi connectivity index (χ2n) is 3.86. The predicted molar refractivity (Wildman–Crippen MR) is 69.3 cm³/mol. The van der Waals surface area contributed by atoms with Crippen LogP contribution in [0.5, 0.6) is 0 Å². The standard InChI is InChI=1S/C12H17ClN2O2/c1-8-3-4-11(9(13)7-8)15-12(16)10(14)5-6-17-2/h3-4,7,10H,5-6,14H2,1-2H3,(H,15,16). The normalized spacial score (nSPS) is 12.2. The number of nitrogens with two attached hydrogens (primary N) is 1. The molecule has 1 amide bonds. The SMILES string of the molecule is COCCC(N)C(=O)Nc1ccc(C)cc1Cl. The highest BCUT2D eigenvalue weighted by Crippen LogP contribution is 2.22. The van der Waals surface area contributed by atoms with Crippen LogP contribution in [-0.4, -0.2) is 25.7 Å². The van der Waals surface area contributed by atoms with Crippen molar-refractivity contribution in [2.75, 3.05) is 19.0 Å². The number of anilines is 1. The zero-order valence-corrected chi connectivity index (χ0v) is 10.8. The van der Waals surface area contributed by atoms with E-state index in [1.54, 1.807) is 19.2 Å². The third-order valence-corrected chi connectivity index (χ3v) is 2.66. The number of rotatable bonds is 5. The molecule has 1 atom stereocenters. The summed E-state index contributed by atoms with van der Waals surface area (Å²) in [7, 11) is 1.57. The summed E-state index contributed by atoms with van der Waals surface area (Å²) in [6.07, 6.45) is 0.478. The van der Waals surface area contributed by atoms with E-state index in [4.69, 9.17) is 22.1 Å². The number of halogens is 1. The third-order valence-electron chi connectivity index (χ3n) is 2.35. The maximum atomic E-state index is 11.7. The fourth-order valence-corrected chi connectivity index (χ4v) is 1.61. The topological polar surface area (TPSA) is 64.3 Å². The monoisotopic (exact) mass is 256 g/mol. The Kier molecular flexibility index (Phi) is 5.41. The molecule has 94 valence electrons. The summed E-state index contributed by atoms with van der Waals surface area (Å²) in [5, 5.41) is 3.21. The van der Waals surface area contributed by atoms with E-state index < -0.39 is 6.04 Å². The molecular formula is C12H17ClN2O2. The minimum absolute atomic E-state index is 0.257. The summed E-state index contributed by atoms with van der Waals surface area (Å²) in [6.45, 7) is 2.39. The van der Waals surface area contributed by atoms with Crippen molar-refractivity contribution < 1.29 is 9.53 Å². The minimum atomic E-state index is -0.590. The Labute approximate surface area is 106 Å². The number of amides is 1. The lowest BCUT2D eigenvalue weighted by molar-refractivity contribution is -0.117. The number of hydrogen-bond donors (Lipinski definition) is 2. The van der Waals surface area contributed by atoms with E-state index in [1.807, 2.05) is 13.0 Å². The van der Waals surface area contributed by atoms with Gasteiger partial charge in [-0.05, 0) is 31.0 Å². The van der Waals surface area contributed by atoms with Crippen LogP contribution < -0.4 is 11.1 Å². The van der Waals surface area contributed by atoms with E-state index in [1.165, 1.54) is 0 Å². The van der Waals surface area contributed by atoms with Gasteiger partial charge < -0.3 is 15.8 Å². The van der Waals surface area contributed by atoms with E-state index >= 15 is 0 Å². The molecule has 1 unspecified atom stereocenters. The smallest absolute Gasteiger partial charge is 0.241 e. The lowest BCUT2D eigenvalue weighted by atomic mass is 10.2. The molecule has 0 spiro atoms. The van der Waals surface area contributed by atoms with Crippen molar-refractivity contribution in [1.29, 1.82) is 0 Å². The quantitative estimate of drug-likeness (QED) is 0.846. The van der Waals surface area contributed by atoms with Crippen LogP contribution in [0.4, 0.5) is 5.69 Å². The average Bonchev–Trinajstić information content (AvgIpc) is 2.29. The summed E-state index contributed by atoms with van der Waals surface area (Å²) in [5.41, 5.74) is 7.31. The van der Waals surface area contributed by atoms with E-state index in [2.05, 4.69) is 5.32 Å². The number of ether oxygens (including phenoxy) is 1. The van der Waals surface area contributed by atoms with Gasteiger partial charge in [-0.3, -0.25) is 4.79 Å². The summed E-state index contributed by atoms with van der Waals surface area (Å²) in [5.74, 6) is -0.257. The van der Waals surface area contributed by atoms with Gasteiger partial charge in [0.15, 0.2) is 0 Å². The maximum absolute atomic E-state index is 11.7. The molecule has 0 aromatic heterocycles. The number of benzene rings is 1. The molecule has 0 radical (unpaired) electrons. The molecule has 0 bridgehead atoms. The molecule has 1 aromatic carbocycles. The third kappa shape index (κ3) is 4.34. The predicted octanol–water partition coefficient (Wildman–Crippen LogP) is 1.95. The summed E-state index contributed by atoms with van der Waals surface area (Å²) >= 11 is 6.00. The van der Waals surface area contributed by atoms with Crippen molar-refractivity contribution in [2.24, 2.45) is 5.73 Å². The van der Waals surface area contributed by atoms with Gasteiger partial charge in [-0.25, -0.2) is 0 Å². The van der Waals surface area contributed by atoms with E-state index in [9.17, 15) is 4.79 Å². The molecule has 4 nitrogen and oxygen atoms in total. The Morgan fingerprint density at radius 1 is 1.59 bits per heavy atom. The molecule has 0 aliphatic rings. The number of methoxy groups -OCH3 is 1. The highest BCUT2D eigenvalue weighted by atomic mass is 35.5. The zero-order chi connectivity index (χ0) is 12.8. The van der Waals surface area contributed by atoms with E-state index in [0.29, 0.717) is 23.7 Å². The first-order chi connectivity index (χ1) is 8.04. The van der Waals surface area contributed by atoms with E-state index in [0.717, 1.165) is 5.56 Å². The van der Waals surface area contributed by atoms with Crippen LogP contribution in [0.25, 0.3) is 0 Å². The molecule has 1 aromatic rings. The van der Waals surface area contributed by atoms with Crippen molar-refractivity contribution in [3.63, 3.8) is 0 Å². The Bertz CT molecular complexity index is 396. The molecule has 0 fully saturated rings. The molecule has 0 aliphatic heterocycles. The van der Waals surface area contributed by atoms with Crippen LogP contribution in [0.15, 0.2) is 18.2 Å². The highest BCUT2D eigenvalue weighted by molar-refractivity contribution is 6.33. The van der Waals surface area contributed by atoms with Crippen LogP contribution >= 0.6 is 11.6 Å². The number of nitrogens with one attached hydrogen (secondary N) is 1. The van der Waals surface area contributed by atoms with Crippen LogP contribution in [0.1, 0.15) is 12.0 Å². The Balaban J connectivity index is 2.61. The summed E-state index contributed by atoms with van der Waals surface area (Å²) < 4.78 is 4.87. The Morgan fingerprint density at radius 3 is 2.88 bits per heavy atom. The maximum Gasteiger partial charge on any atom is 0.241 e. The lowest BCUT2D eigenvalue weighted by Crippen LogP contribution is -2.36. The first kappa shape index (κ1) is 14.0. The lowest BCUT2D eigenvalue weighted by Gasteiger charge is -2.12. The molecule has 1 rings (SSSR count). The second-order valence-corrected chi connectivity index (χ2v) is 4.27. The number of hydrogen-bond acceptors (Lipinski definition) is 3. The summed E-state index contributed by atoms with van der Waals surface area (Å²) in [4.78, 5) is 11.7. The molecule has 5 heteroatoms. The zero-order valence-electron chi connectivity index (χ0n) is 10.00. The molecule has 0 saturated heterocycles. The van der Waals surface area contributed by atoms with Gasteiger partial charge in [-0.2, -0.15) is 0 Å². The van der Waals surface area contributed by atoms with Gasteiger partial charge in [0.2, 0.25) is 5.91 Å². The fraction of sp³-hybridized carbons (Fsp3) is 0.417. The molecule has 17 heavy (non-hydrogen) atoms. The molecule has 0 saturated carbocycles. The Hall–Kier alpha value is -1.10. The number of carbonyl (C=O) groups excluding carboxylic acids is 1. The minimum Gasteiger partial charge on any atom is -0.385 e. The largest absolute Gasteiger partial charge is 0.385 e. The van der Waals surface area contributed by atoms with Gasteiger partial charge in [-0.15, -0.1) is 0 Å². The van der Waals surface area contributed by atoms with Gasteiger partial charge in [0.1, 0.15) is 0 Å². The van der Waals surface area contributed by atoms with Crippen molar-refractivity contribution in [3.05, 3.63) is 28.8 Å². The fourth-order valence-electron chi connectivity index (χ4n) is 1.32. The van der Waals surface area contributed by atoms with Gasteiger partial charge >= 0.3 is 0 Å². The van der Waals surface area contributed by atoms with Gasteiger partial charge in [-0.1, -0.05) is 17.7 Å². The van der Waals surface area contributed by atoms with Gasteiger partial charge in [0.25, 0.3) is 0 Å². The van der Waals surface area contributed by atoms with E-state index in [-0.39, 0.29) is 5.91 Å². The van der Waals surface area contributed by atoms with Crippen molar-refractivity contribution in [2.45, 2.75) is 19.4 Å². The summed E-state index contributed by atoms with van der Waals surface area (Å²) in [6, 6.07) is 4.84. The van der Waals surface area contributed by atoms with Crippen LogP contribution in [0.3, 0.4) is 0 Å². The molecule has 0 aliphatic carbocycles. The van der Waals surface area contributed by atoms with Crippen molar-refractivity contribution in [1.82, 2.24) is 0 Å². The molecule has 3 N–H and O–H groups in total. The van der Waals surface area contributed by atoms with Crippen LogP contribution in [0, 0.1) is 6.92 Å². The van der Waals surface area contributed by atoms with Crippen LogP contribution in [-0.2, 0) is 9.53 Å². The first-order valence-electron chi connectivity index (χ1n) is 5.36.